The fraction of sp³-hybridized carbons (Fsp3) is 1.00. The van der Waals surface area contributed by atoms with Crippen LogP contribution in [0.15, 0.2) is 0 Å². The molecule has 0 spiro atoms. The quantitative estimate of drug-likeness (QED) is 0.811. The molecule has 0 aliphatic carbocycles. The summed E-state index contributed by atoms with van der Waals surface area (Å²) < 4.78 is 0. The minimum atomic E-state index is -0.427. The lowest BCUT2D eigenvalue weighted by Crippen LogP contribution is -2.53. The van der Waals surface area contributed by atoms with E-state index in [9.17, 15) is 5.11 Å². The number of hydrogen-bond acceptors (Lipinski definition) is 4. The van der Waals surface area contributed by atoms with Crippen LogP contribution in [0.2, 0.25) is 0 Å². The number of aliphatic hydroxyl groups is 1. The maximum Gasteiger partial charge on any atom is 0.0798 e. The lowest BCUT2D eigenvalue weighted by molar-refractivity contribution is -0.0311. The van der Waals surface area contributed by atoms with Gasteiger partial charge in [-0.3, -0.25) is 0 Å². The van der Waals surface area contributed by atoms with Crippen LogP contribution in [0, 0.1) is 0 Å². The summed E-state index contributed by atoms with van der Waals surface area (Å²) in [6, 6.07) is 0.814. The van der Waals surface area contributed by atoms with Crippen molar-refractivity contribution in [2.45, 2.75) is 56.6 Å². The molecule has 20 heavy (non-hydrogen) atoms. The summed E-state index contributed by atoms with van der Waals surface area (Å²) in [5, 5.41) is 14.0. The summed E-state index contributed by atoms with van der Waals surface area (Å²) >= 11 is 0. The Hall–Kier alpha value is -0.160. The van der Waals surface area contributed by atoms with Gasteiger partial charge in [-0.1, -0.05) is 6.42 Å². The van der Waals surface area contributed by atoms with Gasteiger partial charge in [-0.05, 0) is 77.8 Å². The minimum absolute atomic E-state index is 0.427. The number of piperidine rings is 3. The van der Waals surface area contributed by atoms with Crippen molar-refractivity contribution >= 4 is 0 Å². The van der Waals surface area contributed by atoms with Crippen molar-refractivity contribution in [1.82, 2.24) is 15.1 Å². The number of hydrogen-bond donors (Lipinski definition) is 2. The van der Waals surface area contributed by atoms with Crippen molar-refractivity contribution in [3.05, 3.63) is 0 Å². The van der Waals surface area contributed by atoms with Crippen LogP contribution in [0.3, 0.4) is 0 Å². The lowest BCUT2D eigenvalue weighted by Gasteiger charge is -2.43. The summed E-state index contributed by atoms with van der Waals surface area (Å²) in [7, 11) is 0. The third-order valence-corrected chi connectivity index (χ3v) is 5.52. The van der Waals surface area contributed by atoms with E-state index >= 15 is 0 Å². The van der Waals surface area contributed by atoms with Crippen molar-refractivity contribution in [2.75, 3.05) is 45.8 Å². The molecule has 4 heteroatoms. The molecular formula is C16H31N3O. The Morgan fingerprint density at radius 3 is 2.25 bits per heavy atom. The molecule has 3 aliphatic rings. The molecular weight excluding hydrogens is 250 g/mol. The van der Waals surface area contributed by atoms with Gasteiger partial charge in [0, 0.05) is 12.6 Å². The SMILES string of the molecule is OC1(CN2CCC(N3CCCCC3)CC2)CCNCC1. The van der Waals surface area contributed by atoms with Gasteiger partial charge in [0.05, 0.1) is 5.60 Å². The largest absolute Gasteiger partial charge is 0.388 e. The van der Waals surface area contributed by atoms with Gasteiger partial charge in [-0.25, -0.2) is 0 Å². The molecule has 0 bridgehead atoms. The van der Waals surface area contributed by atoms with Gasteiger partial charge in [0.2, 0.25) is 0 Å². The van der Waals surface area contributed by atoms with E-state index in [0.29, 0.717) is 0 Å². The van der Waals surface area contributed by atoms with Crippen LogP contribution < -0.4 is 5.32 Å². The molecule has 4 nitrogen and oxygen atoms in total. The zero-order chi connectivity index (χ0) is 13.8. The van der Waals surface area contributed by atoms with E-state index in [1.165, 1.54) is 58.3 Å². The molecule has 0 unspecified atom stereocenters. The highest BCUT2D eigenvalue weighted by Crippen LogP contribution is 2.24. The zero-order valence-corrected chi connectivity index (χ0v) is 12.8. The van der Waals surface area contributed by atoms with Crippen LogP contribution in [0.5, 0.6) is 0 Å². The van der Waals surface area contributed by atoms with E-state index in [2.05, 4.69) is 15.1 Å². The third-order valence-electron chi connectivity index (χ3n) is 5.52. The Morgan fingerprint density at radius 1 is 0.950 bits per heavy atom. The molecule has 3 fully saturated rings. The van der Waals surface area contributed by atoms with Gasteiger partial charge in [-0.2, -0.15) is 0 Å². The molecule has 0 amide bonds. The van der Waals surface area contributed by atoms with Gasteiger partial charge < -0.3 is 20.2 Å². The van der Waals surface area contributed by atoms with Crippen LogP contribution in [-0.2, 0) is 0 Å². The molecule has 3 rings (SSSR count). The fourth-order valence-corrected chi connectivity index (χ4v) is 4.19. The van der Waals surface area contributed by atoms with Gasteiger partial charge >= 0.3 is 0 Å². The molecule has 116 valence electrons. The van der Waals surface area contributed by atoms with Crippen molar-refractivity contribution < 1.29 is 5.11 Å². The van der Waals surface area contributed by atoms with Crippen LogP contribution in [-0.4, -0.2) is 72.4 Å². The van der Waals surface area contributed by atoms with Crippen molar-refractivity contribution in [2.24, 2.45) is 0 Å². The number of β-amino-alcohol motifs (C(OH)–C–C–N with tert-alkyl or cyclic N) is 1. The molecule has 0 aromatic heterocycles. The first kappa shape index (κ1) is 14.8. The van der Waals surface area contributed by atoms with Gasteiger partial charge in [0.25, 0.3) is 0 Å². The van der Waals surface area contributed by atoms with E-state index in [1.54, 1.807) is 0 Å². The van der Waals surface area contributed by atoms with Gasteiger partial charge in [0.1, 0.15) is 0 Å². The van der Waals surface area contributed by atoms with E-state index in [1.807, 2.05) is 0 Å². The summed E-state index contributed by atoms with van der Waals surface area (Å²) in [6.07, 6.45) is 8.65. The van der Waals surface area contributed by atoms with Crippen LogP contribution in [0.25, 0.3) is 0 Å². The third kappa shape index (κ3) is 3.73. The zero-order valence-electron chi connectivity index (χ0n) is 12.8. The van der Waals surface area contributed by atoms with E-state index in [-0.39, 0.29) is 0 Å². The average molecular weight is 281 g/mol. The lowest BCUT2D eigenvalue weighted by atomic mass is 9.90. The predicted molar refractivity (Wildman–Crippen MR) is 81.9 cm³/mol. The van der Waals surface area contributed by atoms with Crippen LogP contribution in [0.1, 0.15) is 44.9 Å². The first-order chi connectivity index (χ1) is 9.75. The fourth-order valence-electron chi connectivity index (χ4n) is 4.19. The van der Waals surface area contributed by atoms with E-state index < -0.39 is 5.60 Å². The maximum atomic E-state index is 10.6. The van der Waals surface area contributed by atoms with Gasteiger partial charge in [-0.15, -0.1) is 0 Å². The molecule has 0 aromatic carbocycles. The highest BCUT2D eigenvalue weighted by molar-refractivity contribution is 4.90. The second-order valence-electron chi connectivity index (χ2n) is 7.08. The molecule has 0 radical (unpaired) electrons. The topological polar surface area (TPSA) is 38.7 Å². The Labute approximate surface area is 123 Å². The average Bonchev–Trinajstić information content (AvgIpc) is 2.49. The van der Waals surface area contributed by atoms with Crippen molar-refractivity contribution in [3.63, 3.8) is 0 Å². The van der Waals surface area contributed by atoms with Crippen molar-refractivity contribution in [1.29, 1.82) is 0 Å². The Balaban J connectivity index is 1.43. The van der Waals surface area contributed by atoms with Crippen LogP contribution >= 0.6 is 0 Å². The summed E-state index contributed by atoms with van der Waals surface area (Å²) in [5.41, 5.74) is -0.427. The Bertz CT molecular complexity index is 290. The van der Waals surface area contributed by atoms with Gasteiger partial charge in [0.15, 0.2) is 0 Å². The number of nitrogens with zero attached hydrogens (tertiary/aromatic N) is 2. The monoisotopic (exact) mass is 281 g/mol. The van der Waals surface area contributed by atoms with E-state index in [4.69, 9.17) is 0 Å². The van der Waals surface area contributed by atoms with Crippen molar-refractivity contribution in [3.8, 4) is 0 Å². The van der Waals surface area contributed by atoms with E-state index in [0.717, 1.165) is 38.5 Å². The first-order valence-corrected chi connectivity index (χ1v) is 8.65. The molecule has 0 saturated carbocycles. The predicted octanol–water partition coefficient (Wildman–Crippen LogP) is 1.05. The molecule has 3 aliphatic heterocycles. The molecule has 3 saturated heterocycles. The highest BCUT2D eigenvalue weighted by Gasteiger charge is 2.33. The van der Waals surface area contributed by atoms with Crippen LogP contribution in [0.4, 0.5) is 0 Å². The minimum Gasteiger partial charge on any atom is -0.388 e. The standard InChI is InChI=1S/C16H31N3O/c20-16(6-8-17-9-7-16)14-18-12-4-15(5-13-18)19-10-2-1-3-11-19/h15,17,20H,1-14H2. The summed E-state index contributed by atoms with van der Waals surface area (Å²) in [4.78, 5) is 5.23. The summed E-state index contributed by atoms with van der Waals surface area (Å²) in [5.74, 6) is 0. The normalized spacial score (nSPS) is 30.4. The number of likely N-dealkylation sites (tertiary alicyclic amines) is 2. The molecule has 0 aromatic rings. The maximum absolute atomic E-state index is 10.6. The summed E-state index contributed by atoms with van der Waals surface area (Å²) in [6.45, 7) is 7.83. The second kappa shape index (κ2) is 6.73. The molecule has 0 atom stereocenters. The Kier molecular flexibility index (Phi) is 4.97. The second-order valence-corrected chi connectivity index (χ2v) is 7.08. The molecule has 3 heterocycles. The number of rotatable bonds is 3. The Morgan fingerprint density at radius 2 is 1.60 bits per heavy atom. The molecule has 2 N–H and O–H groups in total. The smallest absolute Gasteiger partial charge is 0.0798 e. The number of nitrogens with one attached hydrogen (secondary N) is 1. The highest BCUT2D eigenvalue weighted by atomic mass is 16.3. The first-order valence-electron chi connectivity index (χ1n) is 8.65.